The van der Waals surface area contributed by atoms with E-state index in [-0.39, 0.29) is 17.4 Å². The monoisotopic (exact) mass is 332 g/mol. The molecular formula is C15H32O4Si2. The molecule has 1 atom stereocenters. The highest BCUT2D eigenvalue weighted by Crippen LogP contribution is 2.37. The van der Waals surface area contributed by atoms with Crippen LogP contribution < -0.4 is 0 Å². The number of esters is 1. The average molecular weight is 333 g/mol. The number of hydrogen-bond acceptors (Lipinski definition) is 4. The molecule has 0 aromatic heterocycles. The predicted octanol–water partition coefficient (Wildman–Crippen LogP) is 3.85. The van der Waals surface area contributed by atoms with Gasteiger partial charge in [-0.05, 0) is 24.2 Å². The topological polar surface area (TPSA) is 52.6 Å². The summed E-state index contributed by atoms with van der Waals surface area (Å²) >= 11 is 0. The van der Waals surface area contributed by atoms with Crippen molar-refractivity contribution in [2.45, 2.75) is 77.1 Å². The van der Waals surface area contributed by atoms with Crippen LogP contribution in [0.1, 0.15) is 27.2 Å². The van der Waals surface area contributed by atoms with Gasteiger partial charge in [0.05, 0.1) is 13.0 Å². The summed E-state index contributed by atoms with van der Waals surface area (Å²) in [5, 5.41) is 0.00992. The third-order valence-electron chi connectivity index (χ3n) is 3.89. The molecule has 0 fully saturated rings. The smallest absolute Gasteiger partial charge is 0.308 e. The molecule has 0 spiro atoms. The van der Waals surface area contributed by atoms with Gasteiger partial charge in [-0.3, -0.25) is 4.79 Å². The fourth-order valence-corrected chi connectivity index (χ4v) is 3.33. The Balaban J connectivity index is 4.39. The summed E-state index contributed by atoms with van der Waals surface area (Å²) in [5.41, 5.74) is 0. The summed E-state index contributed by atoms with van der Waals surface area (Å²) < 4.78 is 11.2. The second kappa shape index (κ2) is 7.69. The molecule has 0 aliphatic rings. The van der Waals surface area contributed by atoms with Crippen molar-refractivity contribution < 1.29 is 18.8 Å². The zero-order valence-electron chi connectivity index (χ0n) is 14.9. The molecule has 0 N–H and O–H groups in total. The Bertz CT molecular complexity index is 354. The van der Waals surface area contributed by atoms with Crippen molar-refractivity contribution in [3.05, 3.63) is 0 Å². The minimum atomic E-state index is -2.05. The van der Waals surface area contributed by atoms with Gasteiger partial charge in [-0.2, -0.15) is 0 Å². The van der Waals surface area contributed by atoms with Gasteiger partial charge in [0.25, 0.3) is 0 Å². The maximum absolute atomic E-state index is 11.8. The second-order valence-electron chi connectivity index (χ2n) is 8.29. The lowest BCUT2D eigenvalue weighted by atomic mass is 10.2. The Kier molecular flexibility index (Phi) is 7.52. The first-order valence-corrected chi connectivity index (χ1v) is 14.2. The van der Waals surface area contributed by atoms with Crippen LogP contribution in [0, 0.1) is 0 Å². The van der Waals surface area contributed by atoms with Crippen LogP contribution in [0.15, 0.2) is 0 Å². The molecule has 21 heavy (non-hydrogen) atoms. The number of carbonyl (C=O) groups excluding carboxylic acids is 2. The summed E-state index contributed by atoms with van der Waals surface area (Å²) in [6.07, 6.45) is 0.0485. The summed E-state index contributed by atoms with van der Waals surface area (Å²) in [6.45, 7) is 17.6. The lowest BCUT2D eigenvalue weighted by molar-refractivity contribution is -0.146. The molecule has 6 heteroatoms. The van der Waals surface area contributed by atoms with Crippen molar-refractivity contribution in [3.63, 3.8) is 0 Å². The van der Waals surface area contributed by atoms with Crippen molar-refractivity contribution >= 4 is 28.6 Å². The van der Waals surface area contributed by atoms with Crippen LogP contribution in [0.3, 0.4) is 0 Å². The van der Waals surface area contributed by atoms with E-state index in [4.69, 9.17) is 9.16 Å². The van der Waals surface area contributed by atoms with Crippen molar-refractivity contribution in [2.24, 2.45) is 0 Å². The van der Waals surface area contributed by atoms with Crippen LogP contribution >= 0.6 is 0 Å². The van der Waals surface area contributed by atoms with Crippen LogP contribution in [-0.4, -0.2) is 41.4 Å². The summed E-state index contributed by atoms with van der Waals surface area (Å²) in [5.74, 6) is -0.343. The summed E-state index contributed by atoms with van der Waals surface area (Å²) in [7, 11) is -3.26. The molecule has 0 bridgehead atoms. The van der Waals surface area contributed by atoms with E-state index in [1.165, 1.54) is 0 Å². The van der Waals surface area contributed by atoms with E-state index in [2.05, 4.69) is 53.5 Å². The zero-order chi connectivity index (χ0) is 16.9. The van der Waals surface area contributed by atoms with Crippen LogP contribution in [-0.2, 0) is 18.8 Å². The van der Waals surface area contributed by atoms with E-state index in [0.29, 0.717) is 6.61 Å². The van der Waals surface area contributed by atoms with Crippen molar-refractivity contribution in [1.29, 1.82) is 0 Å². The van der Waals surface area contributed by atoms with Crippen molar-refractivity contribution in [3.8, 4) is 0 Å². The van der Waals surface area contributed by atoms with E-state index in [1.807, 2.05) is 0 Å². The first-order valence-electron chi connectivity index (χ1n) is 7.57. The highest BCUT2D eigenvalue weighted by molar-refractivity contribution is 6.76. The van der Waals surface area contributed by atoms with Crippen LogP contribution in [0.2, 0.25) is 43.8 Å². The van der Waals surface area contributed by atoms with Gasteiger partial charge in [0.2, 0.25) is 0 Å². The number of ether oxygens (including phenoxy) is 1. The molecule has 0 aliphatic heterocycles. The largest absolute Gasteiger partial charge is 0.466 e. The molecule has 0 heterocycles. The fourth-order valence-electron chi connectivity index (χ4n) is 1.37. The van der Waals surface area contributed by atoms with Gasteiger partial charge < -0.3 is 14.0 Å². The van der Waals surface area contributed by atoms with E-state index in [1.54, 1.807) is 0 Å². The van der Waals surface area contributed by atoms with Crippen molar-refractivity contribution in [2.75, 3.05) is 6.61 Å². The zero-order valence-corrected chi connectivity index (χ0v) is 16.9. The predicted molar refractivity (Wildman–Crippen MR) is 91.9 cm³/mol. The standard InChI is InChI=1S/C15H32O4Si2/c1-15(2,3)21(7,8)19-13(12-16)11-14(17)18-9-10-20(4,5)6/h12-13H,9-11H2,1-8H3/t13-/m0/s1. The molecule has 0 unspecified atom stereocenters. The average Bonchev–Trinajstić information content (AvgIpc) is 2.24. The van der Waals surface area contributed by atoms with E-state index in [0.717, 1.165) is 12.3 Å². The molecule has 0 saturated heterocycles. The van der Waals surface area contributed by atoms with Gasteiger partial charge in [-0.25, -0.2) is 0 Å². The molecule has 0 aliphatic carbocycles. The molecule has 0 saturated carbocycles. The van der Waals surface area contributed by atoms with Crippen LogP contribution in [0.25, 0.3) is 0 Å². The molecule has 0 radical (unpaired) electrons. The van der Waals surface area contributed by atoms with E-state index in [9.17, 15) is 9.59 Å². The first-order chi connectivity index (χ1) is 9.28. The third kappa shape index (κ3) is 8.53. The first kappa shape index (κ1) is 20.5. The SMILES string of the molecule is CC(C)(C)[Si](C)(C)O[C@H](C=O)CC(=O)OCC[Si](C)(C)C. The van der Waals surface area contributed by atoms with Gasteiger partial charge in [-0.1, -0.05) is 40.4 Å². The van der Waals surface area contributed by atoms with E-state index >= 15 is 0 Å². The Hall–Kier alpha value is -0.466. The second-order valence-corrected chi connectivity index (χ2v) is 18.7. The van der Waals surface area contributed by atoms with Crippen LogP contribution in [0.5, 0.6) is 0 Å². The Labute approximate surface area is 131 Å². The van der Waals surface area contributed by atoms with E-state index < -0.39 is 22.5 Å². The quantitative estimate of drug-likeness (QED) is 0.385. The Morgan fingerprint density at radius 2 is 1.67 bits per heavy atom. The molecule has 4 nitrogen and oxygen atoms in total. The minimum absolute atomic E-state index is 0.00992. The molecule has 0 amide bonds. The Morgan fingerprint density at radius 3 is 2.05 bits per heavy atom. The number of aldehydes is 1. The normalized spacial score (nSPS) is 14.7. The lowest BCUT2D eigenvalue weighted by Gasteiger charge is -2.37. The minimum Gasteiger partial charge on any atom is -0.466 e. The molecule has 0 aromatic carbocycles. The molecule has 0 rings (SSSR count). The van der Waals surface area contributed by atoms with Gasteiger partial charge >= 0.3 is 5.97 Å². The lowest BCUT2D eigenvalue weighted by Crippen LogP contribution is -2.45. The maximum Gasteiger partial charge on any atom is 0.308 e. The number of rotatable bonds is 8. The van der Waals surface area contributed by atoms with Crippen molar-refractivity contribution in [1.82, 2.24) is 0 Å². The number of hydrogen-bond donors (Lipinski definition) is 0. The Morgan fingerprint density at radius 1 is 1.14 bits per heavy atom. The highest BCUT2D eigenvalue weighted by Gasteiger charge is 2.39. The van der Waals surface area contributed by atoms with Gasteiger partial charge in [0.15, 0.2) is 8.32 Å². The van der Waals surface area contributed by atoms with Gasteiger partial charge in [0, 0.05) is 8.07 Å². The van der Waals surface area contributed by atoms with Crippen LogP contribution in [0.4, 0.5) is 0 Å². The maximum atomic E-state index is 11.8. The number of carbonyl (C=O) groups is 2. The fraction of sp³-hybridized carbons (Fsp3) is 0.867. The third-order valence-corrected chi connectivity index (χ3v) is 10.1. The molecule has 0 aromatic rings. The van der Waals surface area contributed by atoms with Gasteiger partial charge in [-0.15, -0.1) is 0 Å². The molecular weight excluding hydrogens is 300 g/mol. The summed E-state index contributed by atoms with van der Waals surface area (Å²) in [4.78, 5) is 23.0. The highest BCUT2D eigenvalue weighted by atomic mass is 28.4. The van der Waals surface area contributed by atoms with Gasteiger partial charge in [0.1, 0.15) is 12.4 Å². The summed E-state index contributed by atoms with van der Waals surface area (Å²) in [6, 6.07) is 0.938. The molecule has 124 valence electrons.